The van der Waals surface area contributed by atoms with Crippen molar-refractivity contribution in [1.82, 2.24) is 50.2 Å². The molecule has 788 valence electrons. The van der Waals surface area contributed by atoms with Crippen LogP contribution in [0.2, 0.25) is 4.47 Å². The Morgan fingerprint density at radius 3 is 1.32 bits per heavy atom. The van der Waals surface area contributed by atoms with Crippen molar-refractivity contribution in [2.24, 2.45) is 23.5 Å². The highest BCUT2D eigenvalue weighted by Gasteiger charge is 2.52. The van der Waals surface area contributed by atoms with Crippen LogP contribution in [-0.2, 0) is 47.5 Å². The van der Waals surface area contributed by atoms with Gasteiger partial charge in [0.15, 0.2) is 9.60 Å². The number of nitrogens with one attached hydrogen (secondary N) is 2. The van der Waals surface area contributed by atoms with Crippen molar-refractivity contribution in [3.63, 3.8) is 0 Å². The lowest BCUT2D eigenvalue weighted by Crippen LogP contribution is -2.48. The maximum absolute atomic E-state index is 13.7. The van der Waals surface area contributed by atoms with Gasteiger partial charge in [0.05, 0.1) is 129 Å². The SMILES string of the molecule is CC(C)(C)OC(=O)NC1CC(O)C1.CC1(C)OB(C2=CCOCC2)OC1(C)C.Cl.Clc1nc2ccccc2s1.Fc1ccc(C2=CCOCC2)c(OC2CC(Cc3nc4ccccc4s3)C2)n1.Fc1ccc(C2CCOCC2)c(OC2CC(Cc3nc4ccccc4s3)C2)n1.Fc1ccc(I)c(F)n1.Fc1ccc(I)c(OC2CC(Cc3nc4ccccc4s3)C2)n1.NC1CC(O)C1.OC1CC(Nc2nc3ccccc3s2)C1. The number of nitrogens with zero attached hydrogens (tertiary/aromatic N) is 9. The number of nitrogens with two attached hydrogens (primary N) is 1. The summed E-state index contributed by atoms with van der Waals surface area (Å²) < 4.78 is 124. The van der Waals surface area contributed by atoms with Crippen molar-refractivity contribution in [2.45, 2.75) is 248 Å². The minimum atomic E-state index is -0.784. The number of halogens is 9. The van der Waals surface area contributed by atoms with Crippen molar-refractivity contribution in [2.75, 3.05) is 45.0 Å². The number of pyridine rings is 4. The Morgan fingerprint density at radius 1 is 0.473 bits per heavy atom. The third kappa shape index (κ3) is 33.0. The molecule has 9 aromatic heterocycles. The molecular formula is C108H122BCl2F5I2N12O13S5. The Morgan fingerprint density at radius 2 is 0.885 bits per heavy atom. The normalized spacial score (nSPS) is 22.7. The summed E-state index contributed by atoms with van der Waals surface area (Å²) in [5, 5.41) is 37.2. The molecular weight excluding hydrogens is 2260 g/mol. The molecule has 40 heteroatoms. The van der Waals surface area contributed by atoms with Crippen molar-refractivity contribution in [3.8, 4) is 17.6 Å². The summed E-state index contributed by atoms with van der Waals surface area (Å²) in [4.78, 5) is 48.7. The molecule has 13 heterocycles. The number of alkyl carbamates (subject to hydrolysis) is 1. The second-order valence-electron chi connectivity index (χ2n) is 39.8. The van der Waals surface area contributed by atoms with E-state index in [1.54, 1.807) is 80.1 Å². The van der Waals surface area contributed by atoms with Crippen LogP contribution in [-0.4, -0.2) is 185 Å². The number of anilines is 1. The van der Waals surface area contributed by atoms with E-state index in [4.69, 9.17) is 80.0 Å². The molecule has 7 N–H and O–H groups in total. The quantitative estimate of drug-likeness (QED) is 0.0201. The van der Waals surface area contributed by atoms with Gasteiger partial charge in [0.1, 0.15) is 23.9 Å². The second kappa shape index (κ2) is 53.4. The molecule has 0 unspecified atom stereocenters. The van der Waals surface area contributed by atoms with Crippen LogP contribution >= 0.6 is 126 Å². The Hall–Kier alpha value is -8.51. The highest BCUT2D eigenvalue weighted by molar-refractivity contribution is 14.1. The van der Waals surface area contributed by atoms with Gasteiger partial charge >= 0.3 is 13.2 Å². The van der Waals surface area contributed by atoms with Crippen LogP contribution in [0, 0.1) is 54.6 Å². The number of aliphatic hydroxyl groups excluding tert-OH is 3. The minimum absolute atomic E-state index is 0. The van der Waals surface area contributed by atoms with E-state index in [-0.39, 0.29) is 73.4 Å². The molecule has 6 aliphatic carbocycles. The molecule has 6 saturated carbocycles. The number of hydrogen-bond donors (Lipinski definition) is 6. The minimum Gasteiger partial charge on any atom is -0.474 e. The van der Waals surface area contributed by atoms with Gasteiger partial charge in [-0.15, -0.1) is 57.8 Å². The van der Waals surface area contributed by atoms with E-state index >= 15 is 0 Å². The van der Waals surface area contributed by atoms with E-state index in [1.807, 2.05) is 99.6 Å². The molecule has 5 aromatic carbocycles. The summed E-state index contributed by atoms with van der Waals surface area (Å²) in [6, 6.07) is 53.5. The van der Waals surface area contributed by atoms with Crippen LogP contribution in [0.1, 0.15) is 183 Å². The first kappa shape index (κ1) is 114. The van der Waals surface area contributed by atoms with Crippen LogP contribution in [0.15, 0.2) is 187 Å². The first-order valence-electron chi connectivity index (χ1n) is 49.7. The molecule has 2 saturated heterocycles. The van der Waals surface area contributed by atoms with Gasteiger partial charge in [-0.2, -0.15) is 41.9 Å². The van der Waals surface area contributed by atoms with E-state index in [0.29, 0.717) is 94.1 Å². The molecule has 10 aliphatic rings. The van der Waals surface area contributed by atoms with E-state index in [0.717, 1.165) is 193 Å². The van der Waals surface area contributed by atoms with Gasteiger partial charge in [-0.3, -0.25) is 0 Å². The Kier molecular flexibility index (Phi) is 41.0. The highest BCUT2D eigenvalue weighted by Crippen LogP contribution is 2.45. The van der Waals surface area contributed by atoms with Gasteiger partial charge < -0.3 is 74.2 Å². The average Bonchev–Trinajstić information content (AvgIpc) is 1.61. The molecule has 4 aliphatic heterocycles. The van der Waals surface area contributed by atoms with Crippen LogP contribution in [0.4, 0.5) is 31.9 Å². The third-order valence-corrected chi connectivity index (χ3v) is 33.5. The molecule has 8 fully saturated rings. The maximum Gasteiger partial charge on any atom is 0.490 e. The second-order valence-corrected chi connectivity index (χ2v) is 48.1. The van der Waals surface area contributed by atoms with Gasteiger partial charge in [-0.1, -0.05) is 95.8 Å². The summed E-state index contributed by atoms with van der Waals surface area (Å²) in [6.07, 6.45) is 20.5. The largest absolute Gasteiger partial charge is 0.490 e. The Labute approximate surface area is 916 Å². The lowest BCUT2D eigenvalue weighted by molar-refractivity contribution is 0.00578. The molecule has 25 nitrogen and oxygen atoms in total. The van der Waals surface area contributed by atoms with Crippen molar-refractivity contribution >= 4 is 201 Å². The number of ether oxygens (including phenoxy) is 7. The van der Waals surface area contributed by atoms with E-state index in [9.17, 15) is 31.9 Å². The number of rotatable bonds is 18. The van der Waals surface area contributed by atoms with Gasteiger partial charge in [-0.05, 0) is 340 Å². The first-order valence-corrected chi connectivity index (χ1v) is 56.3. The first-order chi connectivity index (χ1) is 70.6. The molecule has 0 spiro atoms. The number of thiazole rings is 5. The van der Waals surface area contributed by atoms with Crippen LogP contribution in [0.25, 0.3) is 56.7 Å². The van der Waals surface area contributed by atoms with Crippen molar-refractivity contribution < 1.29 is 84.5 Å². The number of fused-ring (bicyclic) bond motifs is 5. The Balaban J connectivity index is 0.000000129. The van der Waals surface area contributed by atoms with E-state index < -0.39 is 41.4 Å². The maximum atomic E-state index is 13.7. The monoisotopic (exact) mass is 2380 g/mol. The molecule has 148 heavy (non-hydrogen) atoms. The zero-order valence-corrected chi connectivity index (χ0v) is 93.1. The number of benzene rings is 5. The predicted molar refractivity (Wildman–Crippen MR) is 595 cm³/mol. The summed E-state index contributed by atoms with van der Waals surface area (Å²) in [7, 11) is -0.182. The molecule has 14 aromatic rings. The van der Waals surface area contributed by atoms with Gasteiger partial charge in [0.25, 0.3) is 0 Å². The third-order valence-electron chi connectivity index (χ3n) is 26.6. The summed E-state index contributed by atoms with van der Waals surface area (Å²) in [5.74, 6) is 0.362. The topological polar surface area (TPSA) is 327 Å². The number of aromatic nitrogens is 9. The number of hydrogen-bond acceptors (Lipinski definition) is 29. The summed E-state index contributed by atoms with van der Waals surface area (Å²) in [5.41, 5.74) is 13.9. The van der Waals surface area contributed by atoms with Gasteiger partial charge in [0.2, 0.25) is 47.4 Å². The molecule has 0 radical (unpaired) electrons. The lowest BCUT2D eigenvalue weighted by atomic mass is 9.75. The van der Waals surface area contributed by atoms with Gasteiger partial charge in [-0.25, -0.2) is 29.7 Å². The van der Waals surface area contributed by atoms with Gasteiger partial charge in [0, 0.05) is 61.7 Å². The number of para-hydroxylation sites is 5. The van der Waals surface area contributed by atoms with E-state index in [1.165, 1.54) is 74.9 Å². The number of amides is 1. The highest BCUT2D eigenvalue weighted by atomic mass is 127. The predicted octanol–water partition coefficient (Wildman–Crippen LogP) is 25.0. The van der Waals surface area contributed by atoms with Crippen LogP contribution < -0.4 is 30.6 Å². The molecule has 0 atom stereocenters. The lowest BCUT2D eigenvalue weighted by Gasteiger charge is -2.35. The smallest absolute Gasteiger partial charge is 0.474 e. The number of aliphatic hydroxyl groups is 3. The van der Waals surface area contributed by atoms with Crippen LogP contribution in [0.5, 0.6) is 17.6 Å². The number of carbonyl (C=O) groups excluding carboxylic acids is 1. The van der Waals surface area contributed by atoms with Crippen molar-refractivity contribution in [1.29, 1.82) is 0 Å². The fraction of sp³-hybridized carbons (Fsp3) is 0.444. The van der Waals surface area contributed by atoms with Crippen molar-refractivity contribution in [3.05, 3.63) is 255 Å². The standard InChI is InChI=1S/C22H23FN2O2S.C22H21FN2O2S.C17H14FIN2OS.C11H19BO3.C11H12N2OS.C9H17NO3.C7H4ClNS.C5H2F2IN.C4H9NO.ClH/c2*23-20-6-5-17(15-7-9-26-10-8-15)22(25-20)27-16-11-14(12-16)13-21-24-18-3-1-2-4-19(18)28-21;18-15-6-5-12(19)17(21-15)22-11-7-10(8-11)9-16-20-13-3-1-2-4-14(13)23-16;1-10(2)11(3,4)15-12(14-10)9-5-7-13-8-6-9;14-8-5-7(6-8)12-11-13-9-3-1-2-4-10(9)15-11;1-9(2,3)13-8(12)10-6-4-7(11)5-6;8-7-9-5-3-1-2-4-6(5)10-7;6-4-2-1-3(8)5(7)9-4;5-3-1-4(6)2-3;/h1-6,14-16H,7-13H2;1-7,14,16H,8-13H2;1-6,10-11H,7-9H2;5H,6-8H2,1-4H3;1-4,7-8,14H,5-6H2,(H,12,13);6-7,11H,4-5H2,1-3H3,(H,10,12);1-4H;1-2H;3-4,6H,1-2,5H2;1H. The number of carbonyl (C=O) groups is 1. The fourth-order valence-electron chi connectivity index (χ4n) is 17.5. The average molecular weight is 2390 g/mol. The Bertz CT molecular complexity index is 6590. The van der Waals surface area contributed by atoms with E-state index in [2.05, 4.69) is 156 Å². The van der Waals surface area contributed by atoms with Crippen LogP contribution in [0.3, 0.4) is 0 Å². The molecule has 1 amide bonds. The zero-order valence-electron chi connectivity index (χ0n) is 83.1. The summed E-state index contributed by atoms with van der Waals surface area (Å²) in [6.45, 7) is 18.0. The fourth-order valence-corrected chi connectivity index (χ4v) is 23.5. The zero-order chi connectivity index (χ0) is 103. The molecule has 0 bridgehead atoms. The summed E-state index contributed by atoms with van der Waals surface area (Å²) >= 11 is 18.0. The molecule has 24 rings (SSSR count).